The zero-order chi connectivity index (χ0) is 21.5. The Balaban J connectivity index is 1.51. The number of nitrogens with one attached hydrogen (secondary N) is 2. The molecule has 1 aromatic heterocycles. The van der Waals surface area contributed by atoms with Gasteiger partial charge in [-0.05, 0) is 56.7 Å². The van der Waals surface area contributed by atoms with Gasteiger partial charge in [0, 0.05) is 38.3 Å². The topological polar surface area (TPSA) is 56.3 Å². The van der Waals surface area contributed by atoms with E-state index in [1.54, 1.807) is 0 Å². The zero-order valence-corrected chi connectivity index (χ0v) is 20.1. The number of thiocarbonyl (C=S) groups is 1. The molecule has 1 atom stereocenters. The first kappa shape index (κ1) is 22.6. The van der Waals surface area contributed by atoms with Gasteiger partial charge in [-0.25, -0.2) is 0 Å². The third-order valence-electron chi connectivity index (χ3n) is 7.03. The van der Waals surface area contributed by atoms with Gasteiger partial charge in [0.2, 0.25) is 5.95 Å². The minimum absolute atomic E-state index is 0.471. The molecule has 2 aliphatic heterocycles. The quantitative estimate of drug-likeness (QED) is 0.495. The summed E-state index contributed by atoms with van der Waals surface area (Å²) < 4.78 is 0. The van der Waals surface area contributed by atoms with Crippen LogP contribution >= 0.6 is 12.2 Å². The standard InChI is InChI=1S/C24H40N6S/c1-19-11-10-16-30(18-19)22-17-21(29-14-8-4-5-9-15-29)26-23(27-22)28-24(31)25-20-12-6-2-3-7-13-20/h17,19-20H,2-16,18H2,1H3,(H2,25,26,27,28,31)/t19-/m1/s1. The van der Waals surface area contributed by atoms with Crippen molar-refractivity contribution in [1.29, 1.82) is 0 Å². The molecule has 6 nitrogen and oxygen atoms in total. The summed E-state index contributed by atoms with van der Waals surface area (Å²) >= 11 is 5.67. The van der Waals surface area contributed by atoms with Gasteiger partial charge in [0.05, 0.1) is 0 Å². The van der Waals surface area contributed by atoms with E-state index in [9.17, 15) is 0 Å². The normalized spacial score (nSPS) is 23.7. The lowest BCUT2D eigenvalue weighted by atomic mass is 10.0. The summed E-state index contributed by atoms with van der Waals surface area (Å²) in [6.45, 7) is 6.65. The van der Waals surface area contributed by atoms with Crippen LogP contribution in [0.25, 0.3) is 0 Å². The Morgan fingerprint density at radius 3 is 2.13 bits per heavy atom. The second kappa shape index (κ2) is 11.3. The predicted octanol–water partition coefficient (Wildman–Crippen LogP) is 5.10. The van der Waals surface area contributed by atoms with Crippen LogP contribution in [0, 0.1) is 5.92 Å². The lowest BCUT2D eigenvalue weighted by Crippen LogP contribution is -2.38. The second-order valence-electron chi connectivity index (χ2n) is 9.79. The fourth-order valence-electron chi connectivity index (χ4n) is 5.25. The lowest BCUT2D eigenvalue weighted by molar-refractivity contribution is 0.444. The van der Waals surface area contributed by atoms with Crippen LogP contribution in [0.2, 0.25) is 0 Å². The molecule has 0 amide bonds. The van der Waals surface area contributed by atoms with Gasteiger partial charge in [-0.1, -0.05) is 45.4 Å². The Bertz CT molecular complexity index is 690. The molecule has 0 unspecified atom stereocenters. The van der Waals surface area contributed by atoms with E-state index in [-0.39, 0.29) is 0 Å². The summed E-state index contributed by atoms with van der Waals surface area (Å²) in [5.74, 6) is 3.44. The Morgan fingerprint density at radius 2 is 1.45 bits per heavy atom. The molecule has 0 aromatic carbocycles. The minimum atomic E-state index is 0.471. The number of rotatable bonds is 4. The predicted molar refractivity (Wildman–Crippen MR) is 134 cm³/mol. The highest BCUT2D eigenvalue weighted by Crippen LogP contribution is 2.27. The molecule has 0 bridgehead atoms. The number of piperidine rings is 1. The molecule has 2 N–H and O–H groups in total. The largest absolute Gasteiger partial charge is 0.360 e. The van der Waals surface area contributed by atoms with Crippen molar-refractivity contribution in [3.05, 3.63) is 6.07 Å². The van der Waals surface area contributed by atoms with Crippen LogP contribution in [-0.2, 0) is 0 Å². The van der Waals surface area contributed by atoms with Crippen molar-refractivity contribution in [2.45, 2.75) is 90.0 Å². The molecule has 1 aliphatic carbocycles. The van der Waals surface area contributed by atoms with E-state index in [0.717, 1.165) is 37.8 Å². The van der Waals surface area contributed by atoms with Crippen LogP contribution in [0.15, 0.2) is 6.07 Å². The molecule has 1 saturated carbocycles. The van der Waals surface area contributed by atoms with Gasteiger partial charge in [-0.15, -0.1) is 0 Å². The van der Waals surface area contributed by atoms with E-state index < -0.39 is 0 Å². The molecule has 172 valence electrons. The number of aromatic nitrogens is 2. The smallest absolute Gasteiger partial charge is 0.232 e. The summed E-state index contributed by atoms with van der Waals surface area (Å²) in [6, 6.07) is 2.68. The van der Waals surface area contributed by atoms with Gasteiger partial charge in [0.1, 0.15) is 11.6 Å². The van der Waals surface area contributed by atoms with Gasteiger partial charge in [0.25, 0.3) is 0 Å². The van der Waals surface area contributed by atoms with E-state index in [1.165, 1.54) is 77.0 Å². The molecule has 0 radical (unpaired) electrons. The van der Waals surface area contributed by atoms with Gasteiger partial charge >= 0.3 is 0 Å². The summed E-state index contributed by atoms with van der Waals surface area (Å²) in [4.78, 5) is 14.7. The number of nitrogens with zero attached hydrogens (tertiary/aromatic N) is 4. The van der Waals surface area contributed by atoms with Crippen LogP contribution in [-0.4, -0.2) is 47.3 Å². The first-order valence-electron chi connectivity index (χ1n) is 12.6. The van der Waals surface area contributed by atoms with Crippen molar-refractivity contribution in [1.82, 2.24) is 15.3 Å². The van der Waals surface area contributed by atoms with Gasteiger partial charge in [-0.3, -0.25) is 0 Å². The monoisotopic (exact) mass is 444 g/mol. The summed E-state index contributed by atoms with van der Waals surface area (Å²) in [7, 11) is 0. The van der Waals surface area contributed by atoms with Crippen LogP contribution in [0.5, 0.6) is 0 Å². The minimum Gasteiger partial charge on any atom is -0.360 e. The molecule has 0 spiro atoms. The molecule has 2 saturated heterocycles. The highest BCUT2D eigenvalue weighted by atomic mass is 32.1. The number of hydrogen-bond donors (Lipinski definition) is 2. The van der Waals surface area contributed by atoms with E-state index in [1.807, 2.05) is 0 Å². The van der Waals surface area contributed by atoms with Crippen LogP contribution in [0.3, 0.4) is 0 Å². The molecular formula is C24H40N6S. The zero-order valence-electron chi connectivity index (χ0n) is 19.2. The third kappa shape index (κ3) is 6.67. The van der Waals surface area contributed by atoms with E-state index in [2.05, 4.69) is 33.4 Å². The Kier molecular flexibility index (Phi) is 8.22. The van der Waals surface area contributed by atoms with Crippen molar-refractivity contribution in [3.63, 3.8) is 0 Å². The van der Waals surface area contributed by atoms with E-state index >= 15 is 0 Å². The summed E-state index contributed by atoms with van der Waals surface area (Å²) in [5.41, 5.74) is 0. The summed E-state index contributed by atoms with van der Waals surface area (Å²) in [5, 5.41) is 7.54. The average Bonchev–Trinajstić information content (AvgIpc) is 3.19. The Labute approximate surface area is 193 Å². The van der Waals surface area contributed by atoms with Gasteiger partial charge < -0.3 is 20.4 Å². The maximum Gasteiger partial charge on any atom is 0.232 e. The number of anilines is 3. The van der Waals surface area contributed by atoms with E-state index in [4.69, 9.17) is 22.2 Å². The van der Waals surface area contributed by atoms with Crippen LogP contribution in [0.1, 0.15) is 84.0 Å². The second-order valence-corrected chi connectivity index (χ2v) is 10.2. The SMILES string of the molecule is C[C@@H]1CCCN(c2cc(N3CCCCCC3)nc(NC(=S)NC3CCCCCC3)n2)C1. The molecule has 31 heavy (non-hydrogen) atoms. The summed E-state index contributed by atoms with van der Waals surface area (Å²) in [6.07, 6.45) is 15.3. The van der Waals surface area contributed by atoms with Crippen LogP contribution in [0.4, 0.5) is 17.6 Å². The molecule has 3 aliphatic rings. The van der Waals surface area contributed by atoms with E-state index in [0.29, 0.717) is 23.0 Å². The Morgan fingerprint density at radius 1 is 0.839 bits per heavy atom. The molecule has 3 fully saturated rings. The fraction of sp³-hybridized carbons (Fsp3) is 0.792. The maximum atomic E-state index is 5.67. The molecule has 3 heterocycles. The first-order chi connectivity index (χ1) is 15.2. The van der Waals surface area contributed by atoms with Crippen LogP contribution < -0.4 is 20.4 Å². The molecule has 4 rings (SSSR count). The van der Waals surface area contributed by atoms with Crippen molar-refractivity contribution >= 4 is 34.9 Å². The van der Waals surface area contributed by atoms with Gasteiger partial charge in [0.15, 0.2) is 5.11 Å². The average molecular weight is 445 g/mol. The molecule has 1 aromatic rings. The third-order valence-corrected chi connectivity index (χ3v) is 7.25. The molecular weight excluding hydrogens is 404 g/mol. The first-order valence-corrected chi connectivity index (χ1v) is 13.0. The maximum absolute atomic E-state index is 5.67. The fourth-order valence-corrected chi connectivity index (χ4v) is 5.50. The highest BCUT2D eigenvalue weighted by molar-refractivity contribution is 7.80. The molecule has 7 heteroatoms. The van der Waals surface area contributed by atoms with Crippen molar-refractivity contribution in [2.75, 3.05) is 41.3 Å². The highest BCUT2D eigenvalue weighted by Gasteiger charge is 2.22. The van der Waals surface area contributed by atoms with Crippen molar-refractivity contribution < 1.29 is 0 Å². The lowest BCUT2D eigenvalue weighted by Gasteiger charge is -2.33. The number of hydrogen-bond acceptors (Lipinski definition) is 5. The van der Waals surface area contributed by atoms with Crippen molar-refractivity contribution in [2.24, 2.45) is 5.92 Å². The Hall–Kier alpha value is -1.63. The van der Waals surface area contributed by atoms with Gasteiger partial charge in [-0.2, -0.15) is 9.97 Å². The van der Waals surface area contributed by atoms with Crippen molar-refractivity contribution in [3.8, 4) is 0 Å².